The minimum atomic E-state index is -0.351. The standard InChI is InChI=1S/C18H25N5O3/c1-21-12-18(26-17(21)25)5-2-8-23(13-18)14-3-9-22(10-4-14)16(24)15-11-19-6-7-20-15/h6-7,11,14H,2-5,8-10,12-13H2,1H3/t18-/m1/s1. The number of amides is 2. The van der Waals surface area contributed by atoms with Gasteiger partial charge in [0.15, 0.2) is 0 Å². The topological polar surface area (TPSA) is 78.9 Å². The Morgan fingerprint density at radius 2 is 2.04 bits per heavy atom. The molecule has 1 atom stereocenters. The Bertz CT molecular complexity index is 677. The molecule has 3 saturated heterocycles. The van der Waals surface area contributed by atoms with E-state index in [4.69, 9.17) is 4.74 Å². The van der Waals surface area contributed by atoms with Crippen LogP contribution in [0.15, 0.2) is 18.6 Å². The minimum Gasteiger partial charge on any atom is -0.440 e. The predicted octanol–water partition coefficient (Wildman–Crippen LogP) is 0.998. The molecule has 4 heterocycles. The highest BCUT2D eigenvalue weighted by Crippen LogP contribution is 2.33. The number of aromatic nitrogens is 2. The molecule has 2 amide bonds. The van der Waals surface area contributed by atoms with Crippen LogP contribution in [0.1, 0.15) is 36.2 Å². The molecular formula is C18H25N5O3. The SMILES string of the molecule is CN1C[C@@]2(CCCN(C3CCN(C(=O)c4cnccn4)CC3)C2)OC1=O. The van der Waals surface area contributed by atoms with Gasteiger partial charge in [0.25, 0.3) is 5.91 Å². The summed E-state index contributed by atoms with van der Waals surface area (Å²) in [6.07, 6.45) is 8.28. The van der Waals surface area contributed by atoms with Crippen LogP contribution in [0.2, 0.25) is 0 Å². The Labute approximate surface area is 153 Å². The third-order valence-electron chi connectivity index (χ3n) is 5.76. The molecule has 3 fully saturated rings. The van der Waals surface area contributed by atoms with E-state index in [0.717, 1.165) is 51.9 Å². The highest BCUT2D eigenvalue weighted by atomic mass is 16.6. The normalized spacial score (nSPS) is 27.8. The molecule has 0 aliphatic carbocycles. The summed E-state index contributed by atoms with van der Waals surface area (Å²) in [5, 5.41) is 0. The lowest BCUT2D eigenvalue weighted by molar-refractivity contribution is -0.0313. The first kappa shape index (κ1) is 17.2. The van der Waals surface area contributed by atoms with Gasteiger partial charge in [-0.05, 0) is 32.2 Å². The van der Waals surface area contributed by atoms with E-state index >= 15 is 0 Å². The largest absolute Gasteiger partial charge is 0.440 e. The van der Waals surface area contributed by atoms with E-state index in [1.54, 1.807) is 24.3 Å². The zero-order chi connectivity index (χ0) is 18.1. The molecule has 1 aromatic rings. The molecule has 8 heteroatoms. The van der Waals surface area contributed by atoms with Gasteiger partial charge in [0.1, 0.15) is 11.3 Å². The summed E-state index contributed by atoms with van der Waals surface area (Å²) < 4.78 is 5.71. The molecule has 0 N–H and O–H groups in total. The van der Waals surface area contributed by atoms with E-state index in [1.807, 2.05) is 4.90 Å². The minimum absolute atomic E-state index is 0.0435. The van der Waals surface area contributed by atoms with Gasteiger partial charge >= 0.3 is 6.09 Å². The monoisotopic (exact) mass is 359 g/mol. The van der Waals surface area contributed by atoms with Crippen molar-refractivity contribution in [2.75, 3.05) is 39.8 Å². The molecule has 1 aromatic heterocycles. The number of hydrogen-bond acceptors (Lipinski definition) is 6. The van der Waals surface area contributed by atoms with E-state index in [1.165, 1.54) is 6.20 Å². The summed E-state index contributed by atoms with van der Waals surface area (Å²) in [5.74, 6) is -0.0435. The molecule has 8 nitrogen and oxygen atoms in total. The first-order chi connectivity index (χ1) is 12.6. The summed E-state index contributed by atoms with van der Waals surface area (Å²) in [4.78, 5) is 38.4. The van der Waals surface area contributed by atoms with Gasteiger partial charge in [-0.1, -0.05) is 0 Å². The van der Waals surface area contributed by atoms with Gasteiger partial charge in [-0.15, -0.1) is 0 Å². The second-order valence-electron chi connectivity index (χ2n) is 7.60. The van der Waals surface area contributed by atoms with E-state index < -0.39 is 0 Å². The maximum absolute atomic E-state index is 12.5. The zero-order valence-electron chi connectivity index (χ0n) is 15.1. The van der Waals surface area contributed by atoms with Gasteiger partial charge < -0.3 is 14.5 Å². The number of likely N-dealkylation sites (tertiary alicyclic amines) is 2. The summed E-state index contributed by atoms with van der Waals surface area (Å²) in [5.41, 5.74) is 0.0557. The number of nitrogens with zero attached hydrogens (tertiary/aromatic N) is 5. The summed E-state index contributed by atoms with van der Waals surface area (Å²) in [7, 11) is 1.80. The molecule has 4 rings (SSSR count). The van der Waals surface area contributed by atoms with Gasteiger partial charge in [-0.2, -0.15) is 0 Å². The molecule has 3 aliphatic heterocycles. The van der Waals surface area contributed by atoms with Crippen molar-refractivity contribution in [1.29, 1.82) is 0 Å². The van der Waals surface area contributed by atoms with Gasteiger partial charge in [-0.25, -0.2) is 9.78 Å². The van der Waals surface area contributed by atoms with Crippen molar-refractivity contribution in [3.8, 4) is 0 Å². The van der Waals surface area contributed by atoms with Gasteiger partial charge in [0, 0.05) is 45.1 Å². The number of ether oxygens (including phenoxy) is 1. The van der Waals surface area contributed by atoms with Crippen LogP contribution in [0.3, 0.4) is 0 Å². The molecule has 0 saturated carbocycles. The molecule has 0 unspecified atom stereocenters. The maximum atomic E-state index is 12.5. The fourth-order valence-electron chi connectivity index (χ4n) is 4.45. The third kappa shape index (κ3) is 3.25. The Hall–Kier alpha value is -2.22. The lowest BCUT2D eigenvalue weighted by atomic mass is 9.90. The second-order valence-corrected chi connectivity index (χ2v) is 7.60. The van der Waals surface area contributed by atoms with Crippen LogP contribution >= 0.6 is 0 Å². The fraction of sp³-hybridized carbons (Fsp3) is 0.667. The van der Waals surface area contributed by atoms with Crippen LogP contribution in [0.25, 0.3) is 0 Å². The van der Waals surface area contributed by atoms with Crippen molar-refractivity contribution in [2.24, 2.45) is 0 Å². The van der Waals surface area contributed by atoms with Crippen molar-refractivity contribution in [3.05, 3.63) is 24.3 Å². The number of likely N-dealkylation sites (N-methyl/N-ethyl adjacent to an activating group) is 1. The first-order valence-electron chi connectivity index (χ1n) is 9.30. The average Bonchev–Trinajstić information content (AvgIpc) is 2.94. The van der Waals surface area contributed by atoms with Crippen LogP contribution < -0.4 is 0 Å². The van der Waals surface area contributed by atoms with Crippen molar-refractivity contribution in [1.82, 2.24) is 24.7 Å². The highest BCUT2D eigenvalue weighted by Gasteiger charge is 2.47. The Balaban J connectivity index is 1.35. The van der Waals surface area contributed by atoms with Gasteiger partial charge in [-0.3, -0.25) is 14.7 Å². The lowest BCUT2D eigenvalue weighted by Crippen LogP contribution is -2.56. The van der Waals surface area contributed by atoms with Crippen LogP contribution in [0, 0.1) is 0 Å². The number of rotatable bonds is 2. The summed E-state index contributed by atoms with van der Waals surface area (Å²) in [6.45, 7) is 3.95. The first-order valence-corrected chi connectivity index (χ1v) is 9.30. The number of carbonyl (C=O) groups is 2. The molecule has 0 aromatic carbocycles. The summed E-state index contributed by atoms with van der Waals surface area (Å²) >= 11 is 0. The van der Waals surface area contributed by atoms with Gasteiger partial charge in [0.2, 0.25) is 0 Å². The number of piperidine rings is 2. The van der Waals surface area contributed by atoms with Crippen molar-refractivity contribution < 1.29 is 14.3 Å². The van der Waals surface area contributed by atoms with Crippen LogP contribution in [0.5, 0.6) is 0 Å². The molecule has 0 bridgehead atoms. The molecule has 0 radical (unpaired) electrons. The zero-order valence-corrected chi connectivity index (χ0v) is 15.1. The summed E-state index contributed by atoms with van der Waals surface area (Å²) in [6, 6.07) is 0.433. The van der Waals surface area contributed by atoms with E-state index in [-0.39, 0.29) is 17.6 Å². The van der Waals surface area contributed by atoms with E-state index in [0.29, 0.717) is 18.3 Å². The predicted molar refractivity (Wildman–Crippen MR) is 93.6 cm³/mol. The fourth-order valence-corrected chi connectivity index (χ4v) is 4.45. The third-order valence-corrected chi connectivity index (χ3v) is 5.76. The van der Waals surface area contributed by atoms with Crippen LogP contribution in [-0.2, 0) is 4.74 Å². The molecule has 1 spiro atoms. The van der Waals surface area contributed by atoms with Crippen molar-refractivity contribution in [3.63, 3.8) is 0 Å². The molecular weight excluding hydrogens is 334 g/mol. The molecule has 26 heavy (non-hydrogen) atoms. The average molecular weight is 359 g/mol. The number of hydrogen-bond donors (Lipinski definition) is 0. The van der Waals surface area contributed by atoms with Crippen molar-refractivity contribution in [2.45, 2.75) is 37.3 Å². The molecule has 140 valence electrons. The highest BCUT2D eigenvalue weighted by molar-refractivity contribution is 5.92. The lowest BCUT2D eigenvalue weighted by Gasteiger charge is -2.44. The quantitative estimate of drug-likeness (QED) is 0.784. The molecule has 3 aliphatic rings. The van der Waals surface area contributed by atoms with Gasteiger partial charge in [0.05, 0.1) is 12.7 Å². The Morgan fingerprint density at radius 3 is 2.69 bits per heavy atom. The van der Waals surface area contributed by atoms with E-state index in [2.05, 4.69) is 14.9 Å². The Kier molecular flexibility index (Phi) is 4.52. The smallest absolute Gasteiger partial charge is 0.410 e. The number of carbonyl (C=O) groups excluding carboxylic acids is 2. The van der Waals surface area contributed by atoms with Crippen LogP contribution in [0.4, 0.5) is 4.79 Å². The second kappa shape index (κ2) is 6.83. The van der Waals surface area contributed by atoms with Crippen LogP contribution in [-0.4, -0.2) is 88.1 Å². The maximum Gasteiger partial charge on any atom is 0.410 e. The van der Waals surface area contributed by atoms with E-state index in [9.17, 15) is 9.59 Å². The Morgan fingerprint density at radius 1 is 1.23 bits per heavy atom. The van der Waals surface area contributed by atoms with Crippen molar-refractivity contribution >= 4 is 12.0 Å².